The second-order valence-corrected chi connectivity index (χ2v) is 3.58. The summed E-state index contributed by atoms with van der Waals surface area (Å²) in [5, 5.41) is 0. The predicted molar refractivity (Wildman–Crippen MR) is 38.5 cm³/mol. The molecule has 0 N–H and O–H groups in total. The van der Waals surface area contributed by atoms with Crippen molar-refractivity contribution in [2.24, 2.45) is 5.41 Å². The van der Waals surface area contributed by atoms with Gasteiger partial charge >= 0.3 is 5.97 Å². The van der Waals surface area contributed by atoms with E-state index in [9.17, 15) is 4.79 Å². The molecule has 0 aromatic rings. The van der Waals surface area contributed by atoms with Gasteiger partial charge in [-0.25, -0.2) is 4.79 Å². The molecule has 0 aliphatic carbocycles. The number of hydrogen-bond acceptors (Lipinski definition) is 2. The molecular weight excluding hydrogens is 128 g/mol. The highest BCUT2D eigenvalue weighted by Gasteiger charge is 2.28. The van der Waals surface area contributed by atoms with Crippen molar-refractivity contribution in [2.75, 3.05) is 0 Å². The lowest BCUT2D eigenvalue weighted by Gasteiger charge is -2.23. The van der Waals surface area contributed by atoms with Crippen molar-refractivity contribution in [3.05, 3.63) is 12.2 Å². The van der Waals surface area contributed by atoms with Crippen LogP contribution in [0.15, 0.2) is 12.2 Å². The summed E-state index contributed by atoms with van der Waals surface area (Å²) in [5.41, 5.74) is 0.0304. The Labute approximate surface area is 60.9 Å². The van der Waals surface area contributed by atoms with Gasteiger partial charge in [0.2, 0.25) is 0 Å². The Morgan fingerprint density at radius 3 is 2.30 bits per heavy atom. The summed E-state index contributed by atoms with van der Waals surface area (Å²) in [5.74, 6) is -0.222. The van der Waals surface area contributed by atoms with Crippen LogP contribution in [0.1, 0.15) is 20.8 Å². The molecular formula is C8H12O2. The molecule has 0 bridgehead atoms. The molecule has 10 heavy (non-hydrogen) atoms. The molecule has 1 aliphatic rings. The number of hydrogen-bond donors (Lipinski definition) is 0. The molecule has 0 amide bonds. The van der Waals surface area contributed by atoms with Crippen molar-refractivity contribution in [2.45, 2.75) is 26.9 Å². The van der Waals surface area contributed by atoms with Crippen molar-refractivity contribution < 1.29 is 9.53 Å². The summed E-state index contributed by atoms with van der Waals surface area (Å²) in [6.45, 7) is 6.13. The number of esters is 1. The quantitative estimate of drug-likeness (QED) is 0.477. The lowest BCUT2D eigenvalue weighted by molar-refractivity contribution is -0.142. The molecule has 0 aromatic carbocycles. The van der Waals surface area contributed by atoms with Crippen LogP contribution in [0.4, 0.5) is 0 Å². The molecule has 1 atom stereocenters. The highest BCUT2D eigenvalue weighted by molar-refractivity contribution is 5.84. The van der Waals surface area contributed by atoms with E-state index in [0.717, 1.165) is 0 Å². The number of cyclic esters (lactones) is 1. The molecule has 1 aliphatic heterocycles. The first-order valence-electron chi connectivity index (χ1n) is 3.39. The molecule has 0 radical (unpaired) electrons. The average Bonchev–Trinajstić information content (AvgIpc) is 2.11. The molecule has 56 valence electrons. The molecule has 1 heterocycles. The van der Waals surface area contributed by atoms with Crippen molar-refractivity contribution >= 4 is 5.97 Å². The van der Waals surface area contributed by atoms with Crippen LogP contribution in [0.3, 0.4) is 0 Å². The fourth-order valence-electron chi connectivity index (χ4n) is 0.835. The molecule has 0 unspecified atom stereocenters. The monoisotopic (exact) mass is 140 g/mol. The zero-order valence-electron chi connectivity index (χ0n) is 6.55. The normalized spacial score (nSPS) is 25.1. The molecule has 1 rings (SSSR count). The minimum absolute atomic E-state index is 0.0304. The second kappa shape index (κ2) is 2.11. The van der Waals surface area contributed by atoms with Gasteiger partial charge in [-0.3, -0.25) is 0 Å². The van der Waals surface area contributed by atoms with Gasteiger partial charge in [-0.1, -0.05) is 20.8 Å². The Balaban J connectivity index is 2.63. The van der Waals surface area contributed by atoms with Gasteiger partial charge in [0.05, 0.1) is 0 Å². The Hall–Kier alpha value is -0.790. The predicted octanol–water partition coefficient (Wildman–Crippen LogP) is 1.51. The number of ether oxygens (including phenoxy) is 1. The van der Waals surface area contributed by atoms with E-state index >= 15 is 0 Å². The molecule has 0 fully saturated rings. The van der Waals surface area contributed by atoms with Gasteiger partial charge < -0.3 is 4.74 Å². The smallest absolute Gasteiger partial charge is 0.331 e. The molecule has 0 saturated carbocycles. The van der Waals surface area contributed by atoms with Crippen molar-refractivity contribution in [3.63, 3.8) is 0 Å². The van der Waals surface area contributed by atoms with E-state index in [1.807, 2.05) is 26.8 Å². The van der Waals surface area contributed by atoms with E-state index in [0.29, 0.717) is 0 Å². The average molecular weight is 140 g/mol. The SMILES string of the molecule is CC(C)(C)[C@H]1C=CC(=O)O1. The molecule has 2 heteroatoms. The van der Waals surface area contributed by atoms with E-state index in [-0.39, 0.29) is 17.5 Å². The third-order valence-electron chi connectivity index (χ3n) is 1.50. The van der Waals surface area contributed by atoms with Crippen molar-refractivity contribution in [1.29, 1.82) is 0 Å². The van der Waals surface area contributed by atoms with Crippen molar-refractivity contribution in [3.8, 4) is 0 Å². The van der Waals surface area contributed by atoms with Gasteiger partial charge in [-0.15, -0.1) is 0 Å². The standard InChI is InChI=1S/C8H12O2/c1-8(2,3)6-4-5-7(9)10-6/h4-6H,1-3H3/t6-/m1/s1. The van der Waals surface area contributed by atoms with Crippen LogP contribution in [-0.4, -0.2) is 12.1 Å². The Kier molecular flexibility index (Phi) is 1.55. The highest BCUT2D eigenvalue weighted by atomic mass is 16.5. The summed E-state index contributed by atoms with van der Waals surface area (Å²) in [6.07, 6.45) is 3.25. The number of carbonyl (C=O) groups excluding carboxylic acids is 1. The van der Waals surface area contributed by atoms with Gasteiger partial charge in [0.15, 0.2) is 0 Å². The maximum atomic E-state index is 10.6. The highest BCUT2D eigenvalue weighted by Crippen LogP contribution is 2.26. The maximum absolute atomic E-state index is 10.6. The lowest BCUT2D eigenvalue weighted by Crippen LogP contribution is -2.25. The molecule has 0 spiro atoms. The fourth-order valence-corrected chi connectivity index (χ4v) is 0.835. The Morgan fingerprint density at radius 1 is 1.50 bits per heavy atom. The summed E-state index contributed by atoms with van der Waals surface area (Å²) in [7, 11) is 0. The summed E-state index contributed by atoms with van der Waals surface area (Å²) in [4.78, 5) is 10.6. The van der Waals surface area contributed by atoms with E-state index in [1.165, 1.54) is 6.08 Å². The summed E-state index contributed by atoms with van der Waals surface area (Å²) in [6, 6.07) is 0. The topological polar surface area (TPSA) is 26.3 Å². The van der Waals surface area contributed by atoms with Crippen LogP contribution < -0.4 is 0 Å². The number of carbonyl (C=O) groups is 1. The van der Waals surface area contributed by atoms with Crippen molar-refractivity contribution in [1.82, 2.24) is 0 Å². The first-order valence-corrected chi connectivity index (χ1v) is 3.39. The molecule has 2 nitrogen and oxygen atoms in total. The third kappa shape index (κ3) is 1.38. The van der Waals surface area contributed by atoms with Gasteiger partial charge in [0, 0.05) is 11.5 Å². The van der Waals surface area contributed by atoms with E-state index < -0.39 is 0 Å². The minimum Gasteiger partial charge on any atom is -0.454 e. The number of rotatable bonds is 0. The molecule has 0 aromatic heterocycles. The zero-order chi connectivity index (χ0) is 7.78. The Morgan fingerprint density at radius 2 is 2.10 bits per heavy atom. The van der Waals surface area contributed by atoms with Crippen LogP contribution in [-0.2, 0) is 9.53 Å². The first-order chi connectivity index (χ1) is 4.50. The van der Waals surface area contributed by atoms with Gasteiger partial charge in [0.1, 0.15) is 6.10 Å². The van der Waals surface area contributed by atoms with E-state index in [4.69, 9.17) is 4.74 Å². The van der Waals surface area contributed by atoms with E-state index in [1.54, 1.807) is 0 Å². The van der Waals surface area contributed by atoms with Crippen LogP contribution in [0.2, 0.25) is 0 Å². The van der Waals surface area contributed by atoms with E-state index in [2.05, 4.69) is 0 Å². The van der Waals surface area contributed by atoms with Gasteiger partial charge in [-0.2, -0.15) is 0 Å². The molecule has 0 saturated heterocycles. The van der Waals surface area contributed by atoms with Gasteiger partial charge in [0.25, 0.3) is 0 Å². The Bertz CT molecular complexity index is 174. The third-order valence-corrected chi connectivity index (χ3v) is 1.50. The van der Waals surface area contributed by atoms with Crippen LogP contribution in [0, 0.1) is 5.41 Å². The summed E-state index contributed by atoms with van der Waals surface area (Å²) >= 11 is 0. The van der Waals surface area contributed by atoms with Crippen LogP contribution in [0.25, 0.3) is 0 Å². The minimum atomic E-state index is -0.222. The summed E-state index contributed by atoms with van der Waals surface area (Å²) < 4.78 is 4.98. The van der Waals surface area contributed by atoms with Crippen LogP contribution >= 0.6 is 0 Å². The van der Waals surface area contributed by atoms with Crippen LogP contribution in [0.5, 0.6) is 0 Å². The first kappa shape index (κ1) is 7.32. The second-order valence-electron chi connectivity index (χ2n) is 3.58. The lowest BCUT2D eigenvalue weighted by atomic mass is 9.89. The largest absolute Gasteiger partial charge is 0.454 e. The fraction of sp³-hybridized carbons (Fsp3) is 0.625. The maximum Gasteiger partial charge on any atom is 0.331 e. The zero-order valence-corrected chi connectivity index (χ0v) is 6.55. The van der Waals surface area contributed by atoms with Gasteiger partial charge in [-0.05, 0) is 6.08 Å².